The second-order valence-corrected chi connectivity index (χ2v) is 5.24. The Hall–Kier alpha value is -1.85. The Morgan fingerprint density at radius 3 is 2.85 bits per heavy atom. The molecule has 6 nitrogen and oxygen atoms in total. The normalized spacial score (nSPS) is 12.8. The van der Waals surface area contributed by atoms with Gasteiger partial charge in [-0.05, 0) is 12.3 Å². The zero-order valence-electron chi connectivity index (χ0n) is 12.6. The largest absolute Gasteiger partial charge is 0.383 e. The van der Waals surface area contributed by atoms with Crippen molar-refractivity contribution in [3.05, 3.63) is 6.20 Å². The molecule has 0 radical (unpaired) electrons. The fourth-order valence-electron chi connectivity index (χ4n) is 2.30. The van der Waals surface area contributed by atoms with Crippen molar-refractivity contribution in [1.29, 1.82) is 0 Å². The smallest absolute Gasteiger partial charge is 0.226 e. The first-order chi connectivity index (χ1) is 9.65. The first-order valence-electron chi connectivity index (χ1n) is 7.34. The van der Waals surface area contributed by atoms with Crippen LogP contribution in [0.5, 0.6) is 0 Å². The van der Waals surface area contributed by atoms with Gasteiger partial charge >= 0.3 is 0 Å². The number of anilines is 2. The Bertz CT molecular complexity index is 562. The minimum absolute atomic E-state index is 0.479. The summed E-state index contributed by atoms with van der Waals surface area (Å²) in [5, 5.41) is 8.27. The summed E-state index contributed by atoms with van der Waals surface area (Å²) < 4.78 is 1.72. The van der Waals surface area contributed by atoms with Crippen molar-refractivity contribution < 1.29 is 0 Å². The van der Waals surface area contributed by atoms with Gasteiger partial charge in [0.05, 0.1) is 11.6 Å². The predicted octanol–water partition coefficient (Wildman–Crippen LogP) is 2.57. The summed E-state index contributed by atoms with van der Waals surface area (Å²) in [7, 11) is 1.86. The van der Waals surface area contributed by atoms with Crippen LogP contribution in [-0.2, 0) is 7.05 Å². The standard InChI is InChI=1S/C14H24N6/c1-4-6-7-10(5-2)8-16-14-18-12(15)11-9-17-20(3)13(11)19-14/h9-10H,4-8H2,1-3H3,(H3,15,16,18,19). The van der Waals surface area contributed by atoms with Gasteiger partial charge in [-0.1, -0.05) is 33.1 Å². The monoisotopic (exact) mass is 276 g/mol. The Balaban J connectivity index is 2.07. The van der Waals surface area contributed by atoms with Crippen LogP contribution >= 0.6 is 0 Å². The zero-order chi connectivity index (χ0) is 14.5. The van der Waals surface area contributed by atoms with E-state index in [9.17, 15) is 0 Å². The van der Waals surface area contributed by atoms with E-state index in [-0.39, 0.29) is 0 Å². The number of hydrogen-bond donors (Lipinski definition) is 2. The molecule has 2 aromatic heterocycles. The van der Waals surface area contributed by atoms with Crippen molar-refractivity contribution in [3.63, 3.8) is 0 Å². The van der Waals surface area contributed by atoms with Crippen LogP contribution in [0.3, 0.4) is 0 Å². The van der Waals surface area contributed by atoms with Gasteiger partial charge in [-0.25, -0.2) is 0 Å². The second-order valence-electron chi connectivity index (χ2n) is 5.24. The summed E-state index contributed by atoms with van der Waals surface area (Å²) in [4.78, 5) is 8.78. The number of aromatic nitrogens is 4. The maximum atomic E-state index is 5.95. The third-order valence-electron chi connectivity index (χ3n) is 3.71. The Kier molecular flexibility index (Phi) is 4.76. The molecule has 20 heavy (non-hydrogen) atoms. The van der Waals surface area contributed by atoms with Crippen molar-refractivity contribution in [2.24, 2.45) is 13.0 Å². The fourth-order valence-corrected chi connectivity index (χ4v) is 2.30. The van der Waals surface area contributed by atoms with Crippen LogP contribution < -0.4 is 11.1 Å². The highest BCUT2D eigenvalue weighted by Crippen LogP contribution is 2.19. The van der Waals surface area contributed by atoms with Gasteiger partial charge in [-0.3, -0.25) is 4.68 Å². The maximum Gasteiger partial charge on any atom is 0.226 e. The van der Waals surface area contributed by atoms with E-state index >= 15 is 0 Å². The van der Waals surface area contributed by atoms with Gasteiger partial charge in [0.1, 0.15) is 5.82 Å². The lowest BCUT2D eigenvalue weighted by Crippen LogP contribution is -2.16. The number of nitrogen functional groups attached to an aromatic ring is 1. The second kappa shape index (κ2) is 6.54. The van der Waals surface area contributed by atoms with Crippen molar-refractivity contribution in [1.82, 2.24) is 19.7 Å². The van der Waals surface area contributed by atoms with Gasteiger partial charge in [-0.2, -0.15) is 15.1 Å². The molecule has 0 bridgehead atoms. The molecule has 0 aromatic carbocycles. The van der Waals surface area contributed by atoms with E-state index in [0.717, 1.165) is 24.0 Å². The van der Waals surface area contributed by atoms with Crippen molar-refractivity contribution in [3.8, 4) is 0 Å². The number of unbranched alkanes of at least 4 members (excludes halogenated alkanes) is 1. The number of nitrogens with one attached hydrogen (secondary N) is 1. The van der Waals surface area contributed by atoms with E-state index in [0.29, 0.717) is 17.7 Å². The van der Waals surface area contributed by atoms with Crippen molar-refractivity contribution >= 4 is 22.8 Å². The Labute approximate surface area is 119 Å². The molecular formula is C14H24N6. The molecule has 0 spiro atoms. The first kappa shape index (κ1) is 14.6. The van der Waals surface area contributed by atoms with Gasteiger partial charge in [0.15, 0.2) is 5.65 Å². The fraction of sp³-hybridized carbons (Fsp3) is 0.643. The summed E-state index contributed by atoms with van der Waals surface area (Å²) in [6.45, 7) is 5.33. The molecule has 0 aliphatic heterocycles. The number of hydrogen-bond acceptors (Lipinski definition) is 5. The van der Waals surface area contributed by atoms with E-state index in [1.165, 1.54) is 19.3 Å². The summed E-state index contributed by atoms with van der Waals surface area (Å²) in [5.74, 6) is 1.72. The van der Waals surface area contributed by atoms with Gasteiger partial charge in [0.2, 0.25) is 5.95 Å². The Morgan fingerprint density at radius 1 is 1.35 bits per heavy atom. The lowest BCUT2D eigenvalue weighted by atomic mass is 9.99. The van der Waals surface area contributed by atoms with E-state index < -0.39 is 0 Å². The maximum absolute atomic E-state index is 5.95. The first-order valence-corrected chi connectivity index (χ1v) is 7.34. The molecule has 0 saturated carbocycles. The quantitative estimate of drug-likeness (QED) is 0.812. The van der Waals surface area contributed by atoms with E-state index in [1.54, 1.807) is 10.9 Å². The van der Waals surface area contributed by atoms with Crippen molar-refractivity contribution in [2.75, 3.05) is 17.6 Å². The minimum Gasteiger partial charge on any atom is -0.383 e. The van der Waals surface area contributed by atoms with E-state index in [2.05, 4.69) is 34.2 Å². The lowest BCUT2D eigenvalue weighted by molar-refractivity contribution is 0.472. The molecule has 2 heterocycles. The van der Waals surface area contributed by atoms with Crippen LogP contribution in [-0.4, -0.2) is 26.3 Å². The number of nitrogens with two attached hydrogens (primary N) is 1. The summed E-state index contributed by atoms with van der Waals surface area (Å²) in [6, 6.07) is 0. The number of nitrogens with zero attached hydrogens (tertiary/aromatic N) is 4. The van der Waals surface area contributed by atoms with Crippen LogP contribution in [0.1, 0.15) is 39.5 Å². The summed E-state index contributed by atoms with van der Waals surface area (Å²) in [6.07, 6.45) is 6.61. The third kappa shape index (κ3) is 3.18. The topological polar surface area (TPSA) is 81.6 Å². The number of fused-ring (bicyclic) bond motifs is 1. The summed E-state index contributed by atoms with van der Waals surface area (Å²) >= 11 is 0. The predicted molar refractivity (Wildman–Crippen MR) is 82.5 cm³/mol. The van der Waals surface area contributed by atoms with Crippen molar-refractivity contribution in [2.45, 2.75) is 39.5 Å². The molecule has 0 fully saturated rings. The highest BCUT2D eigenvalue weighted by molar-refractivity contribution is 5.86. The molecule has 0 saturated heterocycles. The molecule has 0 amide bonds. The third-order valence-corrected chi connectivity index (χ3v) is 3.71. The van der Waals surface area contributed by atoms with Crippen LogP contribution in [0.2, 0.25) is 0 Å². The zero-order valence-corrected chi connectivity index (χ0v) is 12.6. The molecule has 1 unspecified atom stereocenters. The SMILES string of the molecule is CCCCC(CC)CNc1nc(N)c2cnn(C)c2n1. The van der Waals surface area contributed by atoms with Crippen LogP contribution in [0.25, 0.3) is 11.0 Å². The molecule has 0 aliphatic rings. The molecule has 1 atom stereocenters. The average molecular weight is 276 g/mol. The van der Waals surface area contributed by atoms with Gasteiger partial charge in [-0.15, -0.1) is 0 Å². The van der Waals surface area contributed by atoms with E-state index in [1.807, 2.05) is 7.05 Å². The van der Waals surface area contributed by atoms with Crippen LogP contribution in [0, 0.1) is 5.92 Å². The molecule has 2 rings (SSSR count). The molecule has 2 aromatic rings. The number of aryl methyl sites for hydroxylation is 1. The molecule has 110 valence electrons. The van der Waals surface area contributed by atoms with Crippen LogP contribution in [0.4, 0.5) is 11.8 Å². The molecule has 0 aliphatic carbocycles. The van der Waals surface area contributed by atoms with E-state index in [4.69, 9.17) is 5.73 Å². The minimum atomic E-state index is 0.479. The Morgan fingerprint density at radius 2 is 2.15 bits per heavy atom. The average Bonchev–Trinajstić information content (AvgIpc) is 2.81. The van der Waals surface area contributed by atoms with Crippen LogP contribution in [0.15, 0.2) is 6.20 Å². The lowest BCUT2D eigenvalue weighted by Gasteiger charge is -2.15. The van der Waals surface area contributed by atoms with Gasteiger partial charge in [0.25, 0.3) is 0 Å². The highest BCUT2D eigenvalue weighted by Gasteiger charge is 2.11. The highest BCUT2D eigenvalue weighted by atomic mass is 15.3. The molecule has 3 N–H and O–H groups in total. The molecular weight excluding hydrogens is 252 g/mol. The van der Waals surface area contributed by atoms with Gasteiger partial charge in [0, 0.05) is 13.6 Å². The number of rotatable bonds is 7. The van der Waals surface area contributed by atoms with Gasteiger partial charge < -0.3 is 11.1 Å². The summed E-state index contributed by atoms with van der Waals surface area (Å²) in [5.41, 5.74) is 6.71. The molecule has 6 heteroatoms.